The molecule has 2 aromatic carbocycles. The molecule has 2 amide bonds. The summed E-state index contributed by atoms with van der Waals surface area (Å²) in [5.41, 5.74) is 1.32. The first-order chi connectivity index (χ1) is 15.8. The maximum Gasteiger partial charge on any atom is 0.269 e. The van der Waals surface area contributed by atoms with E-state index in [2.05, 4.69) is 0 Å². The molecular formula is C23H22N4O6. The molecule has 1 saturated heterocycles. The molecule has 0 unspecified atom stereocenters. The van der Waals surface area contributed by atoms with Gasteiger partial charge in [-0.2, -0.15) is 0 Å². The van der Waals surface area contributed by atoms with E-state index in [0.717, 1.165) is 0 Å². The average molecular weight is 450 g/mol. The Morgan fingerprint density at radius 2 is 1.03 bits per heavy atom. The minimum absolute atomic E-state index is 0.0154. The van der Waals surface area contributed by atoms with Gasteiger partial charge in [-0.05, 0) is 54.0 Å². The van der Waals surface area contributed by atoms with Gasteiger partial charge in [0, 0.05) is 62.6 Å². The van der Waals surface area contributed by atoms with Crippen LogP contribution in [0.15, 0.2) is 60.7 Å². The summed E-state index contributed by atoms with van der Waals surface area (Å²) >= 11 is 0. The first-order valence-electron chi connectivity index (χ1n) is 10.3. The molecular weight excluding hydrogens is 428 g/mol. The highest BCUT2D eigenvalue weighted by Gasteiger charge is 2.19. The van der Waals surface area contributed by atoms with Crippen LogP contribution in [0.4, 0.5) is 11.4 Å². The average Bonchev–Trinajstić information content (AvgIpc) is 3.08. The molecule has 1 fully saturated rings. The lowest BCUT2D eigenvalue weighted by Gasteiger charge is -2.20. The van der Waals surface area contributed by atoms with E-state index in [1.807, 2.05) is 0 Å². The molecule has 0 atom stereocenters. The van der Waals surface area contributed by atoms with E-state index in [0.29, 0.717) is 43.7 Å². The number of non-ortho nitro benzene ring substituents is 2. The van der Waals surface area contributed by atoms with E-state index in [1.54, 1.807) is 46.2 Å². The molecule has 10 nitrogen and oxygen atoms in total. The quantitative estimate of drug-likeness (QED) is 0.377. The van der Waals surface area contributed by atoms with Crippen LogP contribution in [-0.2, 0) is 9.59 Å². The highest BCUT2D eigenvalue weighted by Crippen LogP contribution is 2.15. The van der Waals surface area contributed by atoms with E-state index in [1.165, 1.54) is 36.4 Å². The summed E-state index contributed by atoms with van der Waals surface area (Å²) in [7, 11) is 0. The lowest BCUT2D eigenvalue weighted by atomic mass is 10.2. The summed E-state index contributed by atoms with van der Waals surface area (Å²) < 4.78 is 0. The lowest BCUT2D eigenvalue weighted by molar-refractivity contribution is -0.385. The van der Waals surface area contributed by atoms with Crippen LogP contribution in [0.1, 0.15) is 17.5 Å². The van der Waals surface area contributed by atoms with Crippen LogP contribution in [0.5, 0.6) is 0 Å². The number of nitro groups is 2. The second kappa shape index (κ2) is 10.8. The number of hydrogen-bond acceptors (Lipinski definition) is 6. The molecule has 1 aliphatic rings. The lowest BCUT2D eigenvalue weighted by Crippen LogP contribution is -2.36. The molecule has 1 heterocycles. The van der Waals surface area contributed by atoms with Gasteiger partial charge in [0.25, 0.3) is 11.4 Å². The van der Waals surface area contributed by atoms with Crippen molar-refractivity contribution in [3.8, 4) is 0 Å². The normalized spacial score (nSPS) is 14.4. The highest BCUT2D eigenvalue weighted by atomic mass is 16.6. The molecule has 0 aliphatic carbocycles. The number of amides is 2. The van der Waals surface area contributed by atoms with Crippen molar-refractivity contribution in [3.05, 3.63) is 92.0 Å². The second-order valence-corrected chi connectivity index (χ2v) is 7.37. The number of benzene rings is 2. The van der Waals surface area contributed by atoms with Gasteiger partial charge in [0.2, 0.25) is 11.8 Å². The number of hydrogen-bond donors (Lipinski definition) is 0. The summed E-state index contributed by atoms with van der Waals surface area (Å²) in [4.78, 5) is 48.8. The van der Waals surface area contributed by atoms with Crippen LogP contribution in [0, 0.1) is 20.2 Å². The predicted octanol–water partition coefficient (Wildman–Crippen LogP) is 3.29. The second-order valence-electron chi connectivity index (χ2n) is 7.37. The van der Waals surface area contributed by atoms with Gasteiger partial charge in [0.15, 0.2) is 0 Å². The molecule has 3 rings (SSSR count). The van der Waals surface area contributed by atoms with Crippen LogP contribution < -0.4 is 0 Å². The molecule has 0 saturated carbocycles. The van der Waals surface area contributed by atoms with Crippen molar-refractivity contribution in [1.82, 2.24) is 9.80 Å². The SMILES string of the molecule is O=C(/C=C/c1ccc([N+](=O)[O-])cc1)N1CCCN(C(=O)/C=C/c2ccc([N+](=O)[O-])cc2)CC1. The number of nitro benzene ring substituents is 2. The van der Waals surface area contributed by atoms with E-state index < -0.39 is 9.85 Å². The van der Waals surface area contributed by atoms with Crippen LogP contribution in [0.25, 0.3) is 12.2 Å². The zero-order valence-corrected chi connectivity index (χ0v) is 17.7. The fourth-order valence-corrected chi connectivity index (χ4v) is 3.32. The predicted molar refractivity (Wildman–Crippen MR) is 122 cm³/mol. The zero-order valence-electron chi connectivity index (χ0n) is 17.7. The number of rotatable bonds is 6. The molecule has 0 N–H and O–H groups in total. The van der Waals surface area contributed by atoms with Crippen molar-refractivity contribution in [2.24, 2.45) is 0 Å². The third kappa shape index (κ3) is 6.57. The first kappa shape index (κ1) is 23.3. The molecule has 0 spiro atoms. The van der Waals surface area contributed by atoms with Gasteiger partial charge < -0.3 is 9.80 Å². The highest BCUT2D eigenvalue weighted by molar-refractivity contribution is 5.93. The van der Waals surface area contributed by atoms with Crippen molar-refractivity contribution in [1.29, 1.82) is 0 Å². The van der Waals surface area contributed by atoms with E-state index >= 15 is 0 Å². The topological polar surface area (TPSA) is 127 Å². The van der Waals surface area contributed by atoms with Crippen molar-refractivity contribution in [3.63, 3.8) is 0 Å². The van der Waals surface area contributed by atoms with E-state index in [9.17, 15) is 29.8 Å². The fourth-order valence-electron chi connectivity index (χ4n) is 3.32. The van der Waals surface area contributed by atoms with Gasteiger partial charge in [-0.25, -0.2) is 0 Å². The summed E-state index contributed by atoms with van der Waals surface area (Å²) in [5.74, 6) is -0.381. The fraction of sp³-hybridized carbons (Fsp3) is 0.217. The molecule has 1 aliphatic heterocycles. The Morgan fingerprint density at radius 1 is 0.667 bits per heavy atom. The van der Waals surface area contributed by atoms with Crippen molar-refractivity contribution in [2.45, 2.75) is 6.42 Å². The first-order valence-corrected chi connectivity index (χ1v) is 10.3. The minimum atomic E-state index is -0.482. The molecule has 0 bridgehead atoms. The van der Waals surface area contributed by atoms with Crippen LogP contribution in [0.3, 0.4) is 0 Å². The van der Waals surface area contributed by atoms with Gasteiger partial charge in [-0.1, -0.05) is 0 Å². The van der Waals surface area contributed by atoms with Gasteiger partial charge in [-0.15, -0.1) is 0 Å². The van der Waals surface area contributed by atoms with Crippen LogP contribution in [0.2, 0.25) is 0 Å². The zero-order chi connectivity index (χ0) is 23.8. The van der Waals surface area contributed by atoms with Crippen molar-refractivity contribution in [2.75, 3.05) is 26.2 Å². The minimum Gasteiger partial charge on any atom is -0.337 e. The Kier molecular flexibility index (Phi) is 7.64. The Morgan fingerprint density at radius 3 is 1.36 bits per heavy atom. The number of nitrogens with zero attached hydrogens (tertiary/aromatic N) is 4. The number of carbonyl (C=O) groups excluding carboxylic acids is 2. The maximum atomic E-state index is 12.5. The monoisotopic (exact) mass is 450 g/mol. The molecule has 170 valence electrons. The summed E-state index contributed by atoms with van der Waals surface area (Å²) in [6, 6.07) is 11.8. The molecule has 10 heteroatoms. The van der Waals surface area contributed by atoms with Crippen molar-refractivity contribution >= 4 is 35.3 Å². The van der Waals surface area contributed by atoms with Crippen molar-refractivity contribution < 1.29 is 19.4 Å². The molecule has 0 radical (unpaired) electrons. The summed E-state index contributed by atoms with van der Waals surface area (Å²) in [5, 5.41) is 21.4. The number of carbonyl (C=O) groups is 2. The van der Waals surface area contributed by atoms with Crippen LogP contribution >= 0.6 is 0 Å². The largest absolute Gasteiger partial charge is 0.337 e. The van der Waals surface area contributed by atoms with Gasteiger partial charge in [-0.3, -0.25) is 29.8 Å². The Bertz CT molecular complexity index is 1010. The molecule has 0 aromatic heterocycles. The standard InChI is InChI=1S/C23H22N4O6/c28-22(12-6-18-2-8-20(9-3-18)26(30)31)24-14-1-15-25(17-16-24)23(29)13-7-19-4-10-21(11-5-19)27(32)33/h2-13H,1,14-17H2/b12-6+,13-7+. The van der Waals surface area contributed by atoms with Gasteiger partial charge >= 0.3 is 0 Å². The van der Waals surface area contributed by atoms with Crippen LogP contribution in [-0.4, -0.2) is 57.6 Å². The Hall–Kier alpha value is -4.34. The maximum absolute atomic E-state index is 12.5. The Labute approximate surface area is 189 Å². The van der Waals surface area contributed by atoms with E-state index in [4.69, 9.17) is 0 Å². The smallest absolute Gasteiger partial charge is 0.269 e. The summed E-state index contributed by atoms with van der Waals surface area (Å²) in [6.45, 7) is 1.81. The van der Waals surface area contributed by atoms with Gasteiger partial charge in [0.1, 0.15) is 0 Å². The van der Waals surface area contributed by atoms with Gasteiger partial charge in [0.05, 0.1) is 9.85 Å². The molecule has 33 heavy (non-hydrogen) atoms. The van der Waals surface area contributed by atoms with E-state index in [-0.39, 0.29) is 23.2 Å². The third-order valence-electron chi connectivity index (χ3n) is 5.16. The third-order valence-corrected chi connectivity index (χ3v) is 5.16. The summed E-state index contributed by atoms with van der Waals surface area (Å²) in [6.07, 6.45) is 6.69. The Balaban J connectivity index is 1.53. The molecule has 2 aromatic rings.